The van der Waals surface area contributed by atoms with Crippen LogP contribution in [0.5, 0.6) is 0 Å². The highest BCUT2D eigenvalue weighted by Crippen LogP contribution is 2.43. The molecular weight excluding hydrogens is 651 g/mol. The third-order valence-electron chi connectivity index (χ3n) is 9.41. The van der Waals surface area contributed by atoms with Crippen molar-refractivity contribution >= 4 is 82.7 Å². The zero-order valence-electron chi connectivity index (χ0n) is 28.5. The van der Waals surface area contributed by atoms with Crippen molar-refractivity contribution in [2.75, 3.05) is 14.7 Å². The van der Waals surface area contributed by atoms with Gasteiger partial charge in [0.2, 0.25) is 0 Å². The van der Waals surface area contributed by atoms with Crippen molar-refractivity contribution in [3.8, 4) is 0 Å². The van der Waals surface area contributed by atoms with Crippen LogP contribution in [0, 0.1) is 0 Å². The second-order valence-corrected chi connectivity index (χ2v) is 13.7. The van der Waals surface area contributed by atoms with Crippen molar-refractivity contribution in [3.05, 3.63) is 212 Å². The van der Waals surface area contributed by atoms with E-state index in [1.54, 1.807) is 0 Å². The lowest BCUT2D eigenvalue weighted by Crippen LogP contribution is -2.13. The molecule has 1 aromatic heterocycles. The Morgan fingerprint density at radius 2 is 0.519 bits per heavy atom. The van der Waals surface area contributed by atoms with Crippen LogP contribution in [0.1, 0.15) is 0 Å². The molecule has 0 bridgehead atoms. The fraction of sp³-hybridized carbons (Fsp3) is 0. The van der Waals surface area contributed by atoms with Gasteiger partial charge in [-0.05, 0) is 121 Å². The molecule has 4 heteroatoms. The lowest BCUT2D eigenvalue weighted by molar-refractivity contribution is 1.25. The molecule has 9 aromatic rings. The summed E-state index contributed by atoms with van der Waals surface area (Å²) in [4.78, 5) is 6.96. The molecule has 3 nitrogen and oxygen atoms in total. The van der Waals surface area contributed by atoms with E-state index in [4.69, 9.17) is 0 Å². The van der Waals surface area contributed by atoms with Crippen molar-refractivity contribution in [2.45, 2.75) is 0 Å². The predicted molar refractivity (Wildman–Crippen MR) is 223 cm³/mol. The van der Waals surface area contributed by atoms with Gasteiger partial charge in [0.25, 0.3) is 0 Å². The first-order valence-electron chi connectivity index (χ1n) is 17.5. The minimum Gasteiger partial charge on any atom is -0.311 e. The monoisotopic (exact) mass is 685 g/mol. The molecule has 0 fully saturated rings. The van der Waals surface area contributed by atoms with E-state index in [1.165, 1.54) is 20.2 Å². The minimum atomic E-state index is 1.08. The highest BCUT2D eigenvalue weighted by molar-refractivity contribution is 7.25. The van der Waals surface area contributed by atoms with Gasteiger partial charge < -0.3 is 14.7 Å². The number of hydrogen-bond acceptors (Lipinski definition) is 4. The summed E-state index contributed by atoms with van der Waals surface area (Å²) < 4.78 is 2.61. The van der Waals surface area contributed by atoms with Crippen LogP contribution in [0.25, 0.3) is 20.2 Å². The smallest absolute Gasteiger partial charge is 0.0468 e. The number of rotatable bonds is 9. The molecule has 52 heavy (non-hydrogen) atoms. The van der Waals surface area contributed by atoms with Gasteiger partial charge in [0.1, 0.15) is 0 Å². The number of benzene rings is 8. The molecule has 0 saturated carbocycles. The van der Waals surface area contributed by atoms with Gasteiger partial charge in [0, 0.05) is 71.4 Å². The number of thiophene rings is 1. The summed E-state index contributed by atoms with van der Waals surface area (Å²) in [5, 5.41) is 2.58. The van der Waals surface area contributed by atoms with Gasteiger partial charge in [-0.1, -0.05) is 91.0 Å². The number of anilines is 9. The lowest BCUT2D eigenvalue weighted by atomic mass is 10.1. The van der Waals surface area contributed by atoms with Crippen LogP contribution in [0.2, 0.25) is 0 Å². The topological polar surface area (TPSA) is 9.72 Å². The van der Waals surface area contributed by atoms with Crippen LogP contribution < -0.4 is 14.7 Å². The van der Waals surface area contributed by atoms with Crippen molar-refractivity contribution in [3.63, 3.8) is 0 Å². The second kappa shape index (κ2) is 13.9. The molecule has 0 atom stereocenters. The van der Waals surface area contributed by atoms with Gasteiger partial charge in [-0.25, -0.2) is 0 Å². The maximum absolute atomic E-state index is 2.35. The minimum absolute atomic E-state index is 1.08. The highest BCUT2D eigenvalue weighted by Gasteiger charge is 2.18. The van der Waals surface area contributed by atoms with Crippen LogP contribution >= 0.6 is 11.3 Å². The SMILES string of the molecule is c1ccc(N(c2ccccc2)c2ccc(N(c3ccccc3)c3ccc(N(c4ccccc4)c4ccc5sc6ccccc6c5c4)cc3)cc2)cc1. The maximum Gasteiger partial charge on any atom is 0.0468 e. The van der Waals surface area contributed by atoms with E-state index in [0.717, 1.165) is 51.2 Å². The molecule has 0 amide bonds. The van der Waals surface area contributed by atoms with E-state index in [9.17, 15) is 0 Å². The lowest BCUT2D eigenvalue weighted by Gasteiger charge is -2.29. The number of hydrogen-bond donors (Lipinski definition) is 0. The van der Waals surface area contributed by atoms with Gasteiger partial charge in [0.05, 0.1) is 0 Å². The zero-order chi connectivity index (χ0) is 34.7. The molecule has 0 aliphatic carbocycles. The van der Waals surface area contributed by atoms with Crippen LogP contribution in [0.4, 0.5) is 51.2 Å². The fourth-order valence-electron chi connectivity index (χ4n) is 7.00. The number of nitrogens with zero attached hydrogens (tertiary/aromatic N) is 3. The average Bonchev–Trinajstić information content (AvgIpc) is 3.59. The first-order valence-corrected chi connectivity index (χ1v) is 18.3. The summed E-state index contributed by atoms with van der Waals surface area (Å²) >= 11 is 1.85. The van der Waals surface area contributed by atoms with E-state index in [2.05, 4.69) is 227 Å². The molecule has 0 unspecified atom stereocenters. The molecule has 0 radical (unpaired) electrons. The molecular formula is C48H35N3S. The predicted octanol–water partition coefficient (Wildman–Crippen LogP) is 14.5. The fourth-order valence-corrected chi connectivity index (χ4v) is 8.09. The van der Waals surface area contributed by atoms with E-state index >= 15 is 0 Å². The summed E-state index contributed by atoms with van der Waals surface area (Å²) in [6, 6.07) is 75.6. The van der Waals surface area contributed by atoms with E-state index in [0.29, 0.717) is 0 Å². The molecule has 0 aliphatic rings. The van der Waals surface area contributed by atoms with E-state index in [1.807, 2.05) is 11.3 Å². The molecule has 8 aromatic carbocycles. The van der Waals surface area contributed by atoms with Crippen molar-refractivity contribution in [1.82, 2.24) is 0 Å². The Morgan fingerprint density at radius 3 is 0.923 bits per heavy atom. The van der Waals surface area contributed by atoms with Crippen LogP contribution in [-0.2, 0) is 0 Å². The Bertz CT molecular complexity index is 2510. The maximum atomic E-state index is 2.35. The van der Waals surface area contributed by atoms with Crippen LogP contribution in [0.15, 0.2) is 212 Å². The second-order valence-electron chi connectivity index (χ2n) is 12.7. The molecule has 0 saturated heterocycles. The average molecular weight is 686 g/mol. The molecule has 9 rings (SSSR count). The van der Waals surface area contributed by atoms with Gasteiger partial charge in [-0.3, -0.25) is 0 Å². The Morgan fingerprint density at radius 1 is 0.231 bits per heavy atom. The normalized spacial score (nSPS) is 11.1. The van der Waals surface area contributed by atoms with Crippen molar-refractivity contribution in [1.29, 1.82) is 0 Å². The summed E-state index contributed by atoms with van der Waals surface area (Å²) in [7, 11) is 0. The molecule has 0 N–H and O–H groups in total. The van der Waals surface area contributed by atoms with Crippen molar-refractivity contribution < 1.29 is 0 Å². The van der Waals surface area contributed by atoms with Gasteiger partial charge >= 0.3 is 0 Å². The van der Waals surface area contributed by atoms with E-state index < -0.39 is 0 Å². The Labute approximate surface area is 308 Å². The summed E-state index contributed by atoms with van der Waals surface area (Å²) in [5.41, 5.74) is 9.93. The number of fused-ring (bicyclic) bond motifs is 3. The summed E-state index contributed by atoms with van der Waals surface area (Å²) in [6.07, 6.45) is 0. The van der Waals surface area contributed by atoms with Crippen LogP contribution in [0.3, 0.4) is 0 Å². The van der Waals surface area contributed by atoms with Gasteiger partial charge in [-0.15, -0.1) is 11.3 Å². The highest BCUT2D eigenvalue weighted by atomic mass is 32.1. The molecule has 1 heterocycles. The third-order valence-corrected chi connectivity index (χ3v) is 10.6. The molecule has 0 aliphatic heterocycles. The molecule has 0 spiro atoms. The van der Waals surface area contributed by atoms with Crippen molar-refractivity contribution in [2.24, 2.45) is 0 Å². The Kier molecular flexibility index (Phi) is 8.41. The van der Waals surface area contributed by atoms with Gasteiger partial charge in [-0.2, -0.15) is 0 Å². The third kappa shape index (κ3) is 6.06. The summed E-state index contributed by atoms with van der Waals surface area (Å²) in [6.45, 7) is 0. The first kappa shape index (κ1) is 31.4. The Hall–Kier alpha value is -6.62. The Balaban J connectivity index is 1.10. The quantitative estimate of drug-likeness (QED) is 0.150. The molecule has 248 valence electrons. The van der Waals surface area contributed by atoms with E-state index in [-0.39, 0.29) is 0 Å². The first-order chi connectivity index (χ1) is 25.8. The number of para-hydroxylation sites is 4. The zero-order valence-corrected chi connectivity index (χ0v) is 29.3. The van der Waals surface area contributed by atoms with Gasteiger partial charge in [0.15, 0.2) is 0 Å². The van der Waals surface area contributed by atoms with Crippen LogP contribution in [-0.4, -0.2) is 0 Å². The summed E-state index contributed by atoms with van der Waals surface area (Å²) in [5.74, 6) is 0. The standard InChI is InChI=1S/C48H35N3S/c1-5-15-36(16-6-1)49(37-17-7-2-8-18-37)40-25-27-41(28-26-40)50(38-19-9-3-10-20-38)42-29-31-43(32-30-42)51(39-21-11-4-12-22-39)44-33-34-48-46(35-44)45-23-13-14-24-47(45)52-48/h1-35H. The largest absolute Gasteiger partial charge is 0.311 e.